The van der Waals surface area contributed by atoms with Crippen LogP contribution < -0.4 is 16.0 Å². The molecule has 0 saturated carbocycles. The van der Waals surface area contributed by atoms with E-state index in [1.54, 1.807) is 0 Å². The molecular weight excluding hydrogens is 218 g/mol. The zero-order valence-electron chi connectivity index (χ0n) is 10.3. The number of hydrogen-bond donors (Lipinski definition) is 3. The van der Waals surface area contributed by atoms with Gasteiger partial charge in [0.25, 0.3) is 0 Å². The first-order valence-electron chi connectivity index (χ1n) is 6.71. The largest absolute Gasteiger partial charge is 0.358 e. The number of hydrogen-bond acceptors (Lipinski definition) is 3. The summed E-state index contributed by atoms with van der Waals surface area (Å²) < 4.78 is 5.46. The van der Waals surface area contributed by atoms with Crippen molar-refractivity contribution in [1.29, 1.82) is 0 Å². The molecule has 0 aromatic rings. The highest BCUT2D eigenvalue weighted by atomic mass is 16.5. The molecule has 0 aromatic heterocycles. The lowest BCUT2D eigenvalue weighted by molar-refractivity contribution is 0.00227. The van der Waals surface area contributed by atoms with Crippen LogP contribution in [-0.2, 0) is 4.74 Å². The molecule has 2 rings (SSSR count). The fourth-order valence-corrected chi connectivity index (χ4v) is 2.39. The third-order valence-corrected chi connectivity index (χ3v) is 3.42. The molecule has 0 aromatic carbocycles. The van der Waals surface area contributed by atoms with E-state index in [-0.39, 0.29) is 12.3 Å². The molecule has 2 atom stereocenters. The van der Waals surface area contributed by atoms with Gasteiger partial charge in [-0.1, -0.05) is 0 Å². The van der Waals surface area contributed by atoms with Crippen molar-refractivity contribution in [2.75, 3.05) is 26.2 Å². The molecule has 5 heteroatoms. The zero-order chi connectivity index (χ0) is 11.9. The van der Waals surface area contributed by atoms with E-state index < -0.39 is 0 Å². The average Bonchev–Trinajstić information content (AvgIpc) is 2.39. The lowest BCUT2D eigenvalue weighted by Gasteiger charge is -2.25. The van der Waals surface area contributed by atoms with Crippen molar-refractivity contribution in [3.63, 3.8) is 0 Å². The minimum Gasteiger partial charge on any atom is -0.358 e. The topological polar surface area (TPSA) is 62.4 Å². The molecule has 0 aliphatic carbocycles. The van der Waals surface area contributed by atoms with E-state index in [4.69, 9.17) is 4.74 Å². The number of urea groups is 1. The second-order valence-electron chi connectivity index (χ2n) is 4.92. The van der Waals surface area contributed by atoms with Crippen LogP contribution in [0.15, 0.2) is 0 Å². The normalized spacial score (nSPS) is 29.6. The van der Waals surface area contributed by atoms with Crippen LogP contribution in [-0.4, -0.2) is 38.5 Å². The van der Waals surface area contributed by atoms with Crippen LogP contribution >= 0.6 is 0 Å². The summed E-state index contributed by atoms with van der Waals surface area (Å²) in [5.41, 5.74) is 0. The Morgan fingerprint density at radius 1 is 1.29 bits per heavy atom. The quantitative estimate of drug-likeness (QED) is 0.685. The highest BCUT2D eigenvalue weighted by Crippen LogP contribution is 2.10. The highest BCUT2D eigenvalue weighted by Gasteiger charge is 2.17. The van der Waals surface area contributed by atoms with Crippen LogP contribution in [0.4, 0.5) is 4.79 Å². The van der Waals surface area contributed by atoms with Gasteiger partial charge in [0.05, 0.1) is 0 Å². The fourth-order valence-electron chi connectivity index (χ4n) is 2.39. The predicted molar refractivity (Wildman–Crippen MR) is 65.7 cm³/mol. The van der Waals surface area contributed by atoms with Crippen molar-refractivity contribution < 1.29 is 9.53 Å². The molecule has 98 valence electrons. The van der Waals surface area contributed by atoms with Gasteiger partial charge in [-0.15, -0.1) is 0 Å². The van der Waals surface area contributed by atoms with Gasteiger partial charge in [-0.2, -0.15) is 0 Å². The van der Waals surface area contributed by atoms with E-state index in [2.05, 4.69) is 16.0 Å². The third-order valence-electron chi connectivity index (χ3n) is 3.42. The maximum Gasteiger partial charge on any atom is 0.316 e. The van der Waals surface area contributed by atoms with Crippen LogP contribution in [0.25, 0.3) is 0 Å². The molecule has 2 saturated heterocycles. The maximum atomic E-state index is 11.6. The van der Waals surface area contributed by atoms with Crippen molar-refractivity contribution in [2.45, 2.75) is 38.3 Å². The molecule has 0 radical (unpaired) electrons. The molecule has 2 heterocycles. The Balaban J connectivity index is 1.59. The molecule has 2 aliphatic rings. The first-order chi connectivity index (χ1) is 8.34. The van der Waals surface area contributed by atoms with Crippen LogP contribution in [0.1, 0.15) is 32.1 Å². The van der Waals surface area contributed by atoms with Gasteiger partial charge in [0.1, 0.15) is 6.23 Å². The van der Waals surface area contributed by atoms with Crippen LogP contribution in [0.5, 0.6) is 0 Å². The Bertz CT molecular complexity index is 236. The second-order valence-corrected chi connectivity index (χ2v) is 4.92. The molecule has 5 nitrogen and oxygen atoms in total. The van der Waals surface area contributed by atoms with Gasteiger partial charge in [-0.3, -0.25) is 0 Å². The van der Waals surface area contributed by atoms with Crippen molar-refractivity contribution in [3.8, 4) is 0 Å². The lowest BCUT2D eigenvalue weighted by atomic mass is 10.00. The minimum atomic E-state index is -0.0949. The van der Waals surface area contributed by atoms with E-state index in [9.17, 15) is 4.79 Å². The molecule has 17 heavy (non-hydrogen) atoms. The van der Waals surface area contributed by atoms with Gasteiger partial charge >= 0.3 is 6.03 Å². The molecule has 2 fully saturated rings. The number of nitrogens with one attached hydrogen (secondary N) is 3. The van der Waals surface area contributed by atoms with Gasteiger partial charge in [0, 0.05) is 13.2 Å². The lowest BCUT2D eigenvalue weighted by Crippen LogP contribution is -2.47. The molecule has 2 unspecified atom stereocenters. The first kappa shape index (κ1) is 12.6. The van der Waals surface area contributed by atoms with E-state index in [0.717, 1.165) is 45.5 Å². The highest BCUT2D eigenvalue weighted by molar-refractivity contribution is 5.74. The smallest absolute Gasteiger partial charge is 0.316 e. The minimum absolute atomic E-state index is 0.0896. The summed E-state index contributed by atoms with van der Waals surface area (Å²) in [5.74, 6) is 0.571. The Morgan fingerprint density at radius 3 is 2.94 bits per heavy atom. The van der Waals surface area contributed by atoms with Crippen molar-refractivity contribution in [3.05, 3.63) is 0 Å². The number of carbonyl (C=O) groups excluding carboxylic acids is 1. The molecule has 2 aliphatic heterocycles. The number of rotatable bonds is 3. The van der Waals surface area contributed by atoms with Crippen LogP contribution in [0, 0.1) is 5.92 Å². The van der Waals surface area contributed by atoms with Crippen molar-refractivity contribution in [2.24, 2.45) is 5.92 Å². The summed E-state index contributed by atoms with van der Waals surface area (Å²) in [4.78, 5) is 11.6. The number of amides is 2. The summed E-state index contributed by atoms with van der Waals surface area (Å²) in [7, 11) is 0. The zero-order valence-corrected chi connectivity index (χ0v) is 10.3. The molecular formula is C12H23N3O2. The van der Waals surface area contributed by atoms with Crippen molar-refractivity contribution >= 4 is 6.03 Å². The fraction of sp³-hybridized carbons (Fsp3) is 0.917. The SMILES string of the molecule is O=C(NCC1CCCNC1)NC1CCCCO1. The second kappa shape index (κ2) is 6.81. The monoisotopic (exact) mass is 241 g/mol. The summed E-state index contributed by atoms with van der Waals surface area (Å²) >= 11 is 0. The van der Waals surface area contributed by atoms with Gasteiger partial charge in [0.15, 0.2) is 0 Å². The summed E-state index contributed by atoms with van der Waals surface area (Å²) in [5, 5.41) is 9.14. The van der Waals surface area contributed by atoms with Gasteiger partial charge in [-0.05, 0) is 51.1 Å². The van der Waals surface area contributed by atoms with Crippen molar-refractivity contribution in [1.82, 2.24) is 16.0 Å². The third kappa shape index (κ3) is 4.52. The van der Waals surface area contributed by atoms with Gasteiger partial charge < -0.3 is 20.7 Å². The molecule has 2 amide bonds. The van der Waals surface area contributed by atoms with E-state index in [0.29, 0.717) is 5.92 Å². The number of ether oxygens (including phenoxy) is 1. The summed E-state index contributed by atoms with van der Waals surface area (Å²) in [6, 6.07) is -0.0949. The molecule has 0 bridgehead atoms. The standard InChI is InChI=1S/C12H23N3O2/c16-12(15-11-5-1-2-7-17-11)14-9-10-4-3-6-13-8-10/h10-11,13H,1-9H2,(H2,14,15,16). The van der Waals surface area contributed by atoms with Crippen LogP contribution in [0.3, 0.4) is 0 Å². The molecule has 3 N–H and O–H groups in total. The Labute approximate surface area is 103 Å². The Morgan fingerprint density at radius 2 is 2.24 bits per heavy atom. The van der Waals surface area contributed by atoms with E-state index in [1.165, 1.54) is 12.8 Å². The van der Waals surface area contributed by atoms with E-state index >= 15 is 0 Å². The van der Waals surface area contributed by atoms with Gasteiger partial charge in [-0.25, -0.2) is 4.79 Å². The summed E-state index contributed by atoms with van der Waals surface area (Å²) in [6.07, 6.45) is 5.49. The predicted octanol–water partition coefficient (Wildman–Crippen LogP) is 0.812. The Hall–Kier alpha value is -0.810. The average molecular weight is 241 g/mol. The number of piperidine rings is 1. The summed E-state index contributed by atoms with van der Waals surface area (Å²) in [6.45, 7) is 3.64. The Kier molecular flexibility index (Phi) is 5.07. The first-order valence-corrected chi connectivity index (χ1v) is 6.71. The number of carbonyl (C=O) groups is 1. The van der Waals surface area contributed by atoms with Gasteiger partial charge in [0.2, 0.25) is 0 Å². The molecule has 0 spiro atoms. The van der Waals surface area contributed by atoms with Crippen LogP contribution in [0.2, 0.25) is 0 Å². The maximum absolute atomic E-state index is 11.6. The van der Waals surface area contributed by atoms with E-state index in [1.807, 2.05) is 0 Å².